The first-order valence-corrected chi connectivity index (χ1v) is 33.3. The summed E-state index contributed by atoms with van der Waals surface area (Å²) in [7, 11) is 0. The zero-order valence-corrected chi connectivity index (χ0v) is 63.7. The number of guanidine groups is 4. The minimum atomic E-state index is -0.194. The molecule has 28 heteroatoms. The van der Waals surface area contributed by atoms with Crippen LogP contribution in [0.3, 0.4) is 0 Å². The lowest BCUT2D eigenvalue weighted by Gasteiger charge is -2.11. The van der Waals surface area contributed by atoms with E-state index in [1.807, 2.05) is 146 Å². The van der Waals surface area contributed by atoms with Gasteiger partial charge in [0.1, 0.15) is 0 Å². The van der Waals surface area contributed by atoms with Crippen LogP contribution in [0.4, 0.5) is 0 Å². The van der Waals surface area contributed by atoms with Gasteiger partial charge in [0, 0.05) is 118 Å². The molecule has 6 aliphatic heterocycles. The number of carbonyl (C=O) groups excluding carboxylic acids is 4. The van der Waals surface area contributed by atoms with Gasteiger partial charge in [0.2, 0.25) is 0 Å². The largest absolute Gasteiger partial charge is 1.00 e. The SMILES string of the molecule is O=C(NCCNC1=[NH+]CCCN1)c1ccc(-c2c3nc(c(-c4ccc(C(=O)NCCNC5=[NH+]CCCN5)cc4)c4ccc([nH]4)c(-c4ccc(C(=O)NCCNC5=[NH+]CCCN5)cc4)c4nc(c(-c5ccc(C(=O)NCCNC6=[NH+]CCCN6)cc5)c5ccc2[nH]5)C=C4)C=C3)cc1.[I-].[I-].[I-].[I-]. The number of hydrogen-bond acceptors (Lipinski definition) is 14. The molecule has 4 amide bonds. The van der Waals surface area contributed by atoms with Gasteiger partial charge in [-0.05, 0) is 119 Å². The van der Waals surface area contributed by atoms with Crippen molar-refractivity contribution in [3.63, 3.8) is 0 Å². The average Bonchev–Trinajstić information content (AvgIpc) is 1.61. The van der Waals surface area contributed by atoms with Crippen molar-refractivity contribution in [3.8, 4) is 44.5 Å². The van der Waals surface area contributed by atoms with Gasteiger partial charge in [-0.2, -0.15) is 0 Å². The van der Waals surface area contributed by atoms with E-state index in [1.54, 1.807) is 0 Å². The second-order valence-electron chi connectivity index (χ2n) is 23.9. The number of aromatic amines is 2. The van der Waals surface area contributed by atoms with Crippen LogP contribution in [0.2, 0.25) is 0 Å². The Balaban J connectivity index is 0.00000292. The topological polar surface area (TPSA) is 326 Å². The van der Waals surface area contributed by atoms with Crippen LogP contribution in [0.25, 0.3) is 90.9 Å². The average molecular weight is 1800 g/mol. The van der Waals surface area contributed by atoms with Gasteiger partial charge in [0.05, 0.1) is 101 Å². The fraction of sp³-hybridized carbons (Fsp3) is 0.278. The highest BCUT2D eigenvalue weighted by molar-refractivity contribution is 6.03. The van der Waals surface area contributed by atoms with E-state index in [4.69, 9.17) is 9.97 Å². The normalized spacial score (nSPS) is 14.2. The lowest BCUT2D eigenvalue weighted by molar-refractivity contribution is -0.467. The molecule has 0 atom stereocenters. The van der Waals surface area contributed by atoms with Crippen molar-refractivity contribution >= 4 is 93.8 Å². The molecule has 9 heterocycles. The van der Waals surface area contributed by atoms with Crippen LogP contribution in [0.1, 0.15) is 89.9 Å². The maximum absolute atomic E-state index is 13.7. The second-order valence-corrected chi connectivity index (χ2v) is 23.9. The van der Waals surface area contributed by atoms with Gasteiger partial charge >= 0.3 is 23.8 Å². The summed E-state index contributed by atoms with van der Waals surface area (Å²) in [6, 6.07) is 38.4. The molecule has 0 saturated heterocycles. The van der Waals surface area contributed by atoms with Gasteiger partial charge in [0.25, 0.3) is 23.6 Å². The third kappa shape index (κ3) is 19.1. The Morgan fingerprint density at radius 3 is 0.730 bits per heavy atom. The minimum Gasteiger partial charge on any atom is -1.00 e. The molecule has 24 nitrogen and oxygen atoms in total. The van der Waals surface area contributed by atoms with Crippen molar-refractivity contribution in [1.29, 1.82) is 0 Å². The minimum absolute atomic E-state index is 0. The number of benzene rings is 4. The van der Waals surface area contributed by atoms with E-state index >= 15 is 0 Å². The number of fused-ring (bicyclic) bond motifs is 8. The summed E-state index contributed by atoms with van der Waals surface area (Å²) in [5.74, 6) is 2.70. The van der Waals surface area contributed by atoms with Crippen molar-refractivity contribution < 1.29 is 135 Å². The van der Waals surface area contributed by atoms with Crippen molar-refractivity contribution in [3.05, 3.63) is 166 Å². The lowest BCUT2D eigenvalue weighted by Crippen LogP contribution is -3.00. The first-order chi connectivity index (χ1) is 47.2. The Hall–Kier alpha value is -8.64. The molecule has 0 saturated carbocycles. The highest BCUT2D eigenvalue weighted by atomic mass is 127. The van der Waals surface area contributed by atoms with Crippen LogP contribution in [0.5, 0.6) is 0 Å². The molecule has 8 bridgehead atoms. The van der Waals surface area contributed by atoms with Crippen LogP contribution in [-0.4, -0.2) is 172 Å². The molecule has 4 aromatic carbocycles. The Morgan fingerprint density at radius 2 is 0.530 bits per heavy atom. The monoisotopic (exact) mass is 1800 g/mol. The molecule has 0 unspecified atom stereocenters. The van der Waals surface area contributed by atoms with Gasteiger partial charge in [-0.1, -0.05) is 48.5 Å². The zero-order valence-electron chi connectivity index (χ0n) is 55.0. The lowest BCUT2D eigenvalue weighted by atomic mass is 10.0. The van der Waals surface area contributed by atoms with Crippen LogP contribution < -0.4 is 180 Å². The van der Waals surface area contributed by atoms with E-state index in [2.05, 4.69) is 93.7 Å². The molecular weight excluding hydrogens is 1720 g/mol. The zero-order chi connectivity index (χ0) is 65.4. The Morgan fingerprint density at radius 1 is 0.310 bits per heavy atom. The summed E-state index contributed by atoms with van der Waals surface area (Å²) >= 11 is 0. The Bertz CT molecular complexity index is 3870. The van der Waals surface area contributed by atoms with Gasteiger partial charge in [-0.3, -0.25) is 81.7 Å². The van der Waals surface area contributed by atoms with Crippen LogP contribution >= 0.6 is 0 Å². The smallest absolute Gasteiger partial charge is 0.343 e. The van der Waals surface area contributed by atoms with Crippen LogP contribution in [-0.2, 0) is 0 Å². The maximum Gasteiger partial charge on any atom is 0.343 e. The van der Waals surface area contributed by atoms with Gasteiger partial charge in [-0.15, -0.1) is 0 Å². The maximum atomic E-state index is 13.7. The number of rotatable bonds is 20. The van der Waals surface area contributed by atoms with Crippen LogP contribution in [0.15, 0.2) is 121 Å². The number of H-pyrrole nitrogens is 2. The number of hydrogen-bond donors (Lipinski definition) is 18. The third-order valence-corrected chi connectivity index (χ3v) is 17.2. The van der Waals surface area contributed by atoms with E-state index in [0.717, 1.165) is 168 Å². The van der Waals surface area contributed by atoms with E-state index in [0.29, 0.717) is 97.4 Å². The highest BCUT2D eigenvalue weighted by Gasteiger charge is 2.22. The van der Waals surface area contributed by atoms with Crippen LogP contribution in [0, 0.1) is 0 Å². The van der Waals surface area contributed by atoms with Gasteiger partial charge < -0.3 is 127 Å². The molecule has 13 rings (SSSR count). The summed E-state index contributed by atoms with van der Waals surface area (Å²) in [5, 5.41) is 38.7. The molecule has 522 valence electrons. The quantitative estimate of drug-likeness (QED) is 0.0249. The molecule has 6 aliphatic rings. The fourth-order valence-corrected chi connectivity index (χ4v) is 12.2. The molecule has 0 fully saturated rings. The molecule has 0 radical (unpaired) electrons. The number of amides is 4. The number of carbonyl (C=O) groups is 4. The first-order valence-electron chi connectivity index (χ1n) is 33.3. The predicted molar refractivity (Wildman–Crippen MR) is 376 cm³/mol. The van der Waals surface area contributed by atoms with E-state index in [9.17, 15) is 19.2 Å². The molecule has 7 aromatic rings. The Kier molecular flexibility index (Phi) is 28.1. The van der Waals surface area contributed by atoms with Crippen molar-refractivity contribution in [2.24, 2.45) is 0 Å². The summed E-state index contributed by atoms with van der Waals surface area (Å²) in [5.41, 5.74) is 14.1. The Labute approximate surface area is 648 Å². The molecule has 18 N–H and O–H groups in total. The predicted octanol–water partition coefficient (Wildman–Crippen LogP) is -13.7. The van der Waals surface area contributed by atoms with E-state index in [-0.39, 0.29) is 120 Å². The van der Waals surface area contributed by atoms with Crippen molar-refractivity contribution in [2.75, 3.05) is 105 Å². The van der Waals surface area contributed by atoms with Gasteiger partial charge in [-0.25, -0.2) is 9.97 Å². The summed E-state index contributed by atoms with van der Waals surface area (Å²) < 4.78 is 0. The highest BCUT2D eigenvalue weighted by Crippen LogP contribution is 2.39. The molecule has 0 spiro atoms. The second kappa shape index (κ2) is 37.2. The first kappa shape index (κ1) is 75.6. The number of aromatic nitrogens is 4. The van der Waals surface area contributed by atoms with E-state index < -0.39 is 0 Å². The van der Waals surface area contributed by atoms with E-state index in [1.165, 1.54) is 0 Å². The van der Waals surface area contributed by atoms with Crippen molar-refractivity contribution in [1.82, 2.24) is 83.7 Å². The number of halogens is 4. The molecule has 0 aliphatic carbocycles. The van der Waals surface area contributed by atoms with Crippen molar-refractivity contribution in [2.45, 2.75) is 25.7 Å². The molecule has 3 aromatic heterocycles. The number of nitrogens with one attached hydrogen (secondary N) is 18. The fourth-order valence-electron chi connectivity index (χ4n) is 12.2. The summed E-state index contributed by atoms with van der Waals surface area (Å²) in [6.07, 6.45) is 12.2. The van der Waals surface area contributed by atoms with Gasteiger partial charge in [0.15, 0.2) is 0 Å². The molecular formula is C72H82I4N20O4. The summed E-state index contributed by atoms with van der Waals surface area (Å²) in [4.78, 5) is 86.5. The standard InChI is InChI=1S/C72H78N20O4.4HI/c93-65(73-37-41-85-69-77-29-1-30-78-69)49-13-5-45(6-14-49)61-53-21-23-55(89-53)62(46-7-15-50(16-8-46)66(94)74-38-42-86-70-79-31-2-32-80-70)57-25-27-59(91-57)64(48-11-19-52(20-12-48)68(96)76-40-44-88-72-83-35-4-36-84-72)60-28-26-58(92-60)63(56-24-22-54(61)90-56)47-9-17-51(18-10-47)67(95)75-39-43-87-71-81-33-3-34-82-71;;;;/h5-28,89,92H,1-4,29-44H2,(H,73,93)(H,74,94)(H,75,95)(H,76,96)(H2,77,78,85)(H2,79,80,86)(H2,81,82,87)(H2,83,84,88);4*1H. The number of nitrogens with zero attached hydrogens (tertiary/aromatic N) is 2. The molecule has 100 heavy (non-hydrogen) atoms. The summed E-state index contributed by atoms with van der Waals surface area (Å²) in [6.45, 7) is 11.0. The third-order valence-electron chi connectivity index (χ3n) is 17.2.